The number of carbonyl (C=O) groups excluding carboxylic acids is 2. The first-order valence-electron chi connectivity index (χ1n) is 9.57. The van der Waals surface area contributed by atoms with Gasteiger partial charge in [-0.1, -0.05) is 35.5 Å². The van der Waals surface area contributed by atoms with Crippen molar-refractivity contribution >= 4 is 28.9 Å². The molecule has 160 valence electrons. The third kappa shape index (κ3) is 4.14. The van der Waals surface area contributed by atoms with Gasteiger partial charge in [-0.15, -0.1) is 0 Å². The second-order valence-corrected chi connectivity index (χ2v) is 7.13. The van der Waals surface area contributed by atoms with Gasteiger partial charge in [0, 0.05) is 25.6 Å². The molecule has 1 aliphatic heterocycles. The minimum absolute atomic E-state index is 0.0649. The molecule has 31 heavy (non-hydrogen) atoms. The van der Waals surface area contributed by atoms with E-state index in [0.29, 0.717) is 35.0 Å². The lowest BCUT2D eigenvalue weighted by Gasteiger charge is -2.20. The zero-order valence-corrected chi connectivity index (χ0v) is 16.8. The number of nitrogens with two attached hydrogens (primary N) is 2. The number of nitrogen functional groups attached to an aromatic ring is 2. The monoisotopic (exact) mass is 422 g/mol. The maximum Gasteiger partial charge on any atom is 0.274 e. The third-order valence-corrected chi connectivity index (χ3v) is 5.00. The Morgan fingerprint density at radius 2 is 2.03 bits per heavy atom. The number of anilines is 3. The average Bonchev–Trinajstić information content (AvgIpc) is 3.21. The van der Waals surface area contributed by atoms with Crippen molar-refractivity contribution in [2.45, 2.75) is 12.5 Å². The van der Waals surface area contributed by atoms with Crippen LogP contribution in [0.25, 0.3) is 0 Å². The van der Waals surface area contributed by atoms with Crippen molar-refractivity contribution in [3.8, 4) is 5.75 Å². The Hall–Kier alpha value is -4.05. The number of likely N-dealkylation sites (N-methyl/N-ethyl adjacent to an activating group) is 1. The van der Waals surface area contributed by atoms with Gasteiger partial charge in [0.1, 0.15) is 24.2 Å². The minimum atomic E-state index is -0.922. The summed E-state index contributed by atoms with van der Waals surface area (Å²) in [6.45, 7) is -0.0649. The molecule has 2 heterocycles. The molecule has 0 aliphatic carbocycles. The van der Waals surface area contributed by atoms with Gasteiger partial charge in [0.05, 0.1) is 17.1 Å². The van der Waals surface area contributed by atoms with E-state index in [1.165, 1.54) is 4.90 Å². The number of ether oxygens (including phenoxy) is 1. The average molecular weight is 422 g/mol. The van der Waals surface area contributed by atoms with Gasteiger partial charge >= 0.3 is 0 Å². The van der Waals surface area contributed by atoms with Crippen molar-refractivity contribution in [1.29, 1.82) is 0 Å². The van der Waals surface area contributed by atoms with Crippen LogP contribution in [0.4, 0.5) is 17.1 Å². The molecular formula is C21H22N6O4. The van der Waals surface area contributed by atoms with Crippen LogP contribution in [0.15, 0.2) is 53.1 Å². The van der Waals surface area contributed by atoms with Crippen LogP contribution in [0.5, 0.6) is 5.75 Å². The predicted octanol–water partition coefficient (Wildman–Crippen LogP) is 1.29. The fraction of sp³-hybridized carbons (Fsp3) is 0.190. The number of carbonyl (C=O) groups is 2. The Balaban J connectivity index is 1.47. The summed E-state index contributed by atoms with van der Waals surface area (Å²) in [7, 11) is 1.58. The summed E-state index contributed by atoms with van der Waals surface area (Å²) in [6.07, 6.45) is 0.504. The van der Waals surface area contributed by atoms with Gasteiger partial charge in [-0.05, 0) is 11.6 Å². The first-order chi connectivity index (χ1) is 15.0. The van der Waals surface area contributed by atoms with Crippen molar-refractivity contribution in [3.63, 3.8) is 0 Å². The van der Waals surface area contributed by atoms with Gasteiger partial charge < -0.3 is 30.6 Å². The number of rotatable bonds is 5. The number of benzene rings is 2. The van der Waals surface area contributed by atoms with E-state index in [-0.39, 0.29) is 18.2 Å². The maximum atomic E-state index is 12.9. The summed E-state index contributed by atoms with van der Waals surface area (Å²) in [6, 6.07) is 13.5. The molecule has 1 aliphatic rings. The van der Waals surface area contributed by atoms with Crippen molar-refractivity contribution in [2.24, 2.45) is 5.84 Å². The molecule has 3 aromatic rings. The Morgan fingerprint density at radius 3 is 2.77 bits per heavy atom. The first kappa shape index (κ1) is 20.2. The largest absolute Gasteiger partial charge is 0.489 e. The second-order valence-electron chi connectivity index (χ2n) is 7.13. The van der Waals surface area contributed by atoms with Crippen molar-refractivity contribution < 1.29 is 18.8 Å². The van der Waals surface area contributed by atoms with Crippen LogP contribution >= 0.6 is 0 Å². The SMILES string of the molecule is CN1C(=O)C(NC(=O)c2cc(Cc3ccccc3)on2)COc2cc(NN)c(N)cc21. The summed E-state index contributed by atoms with van der Waals surface area (Å²) >= 11 is 0. The highest BCUT2D eigenvalue weighted by atomic mass is 16.5. The van der Waals surface area contributed by atoms with Crippen molar-refractivity contribution in [2.75, 3.05) is 29.7 Å². The van der Waals surface area contributed by atoms with Crippen LogP contribution in [0.2, 0.25) is 0 Å². The van der Waals surface area contributed by atoms with Crippen LogP contribution < -0.4 is 32.0 Å². The number of fused-ring (bicyclic) bond motifs is 1. The van der Waals surface area contributed by atoms with E-state index in [4.69, 9.17) is 20.8 Å². The van der Waals surface area contributed by atoms with E-state index in [2.05, 4.69) is 15.9 Å². The lowest BCUT2D eigenvalue weighted by Crippen LogP contribution is -2.49. The molecule has 4 rings (SSSR count). The Morgan fingerprint density at radius 1 is 1.26 bits per heavy atom. The molecule has 2 aromatic carbocycles. The van der Waals surface area contributed by atoms with Gasteiger partial charge in [-0.2, -0.15) is 0 Å². The highest BCUT2D eigenvalue weighted by Crippen LogP contribution is 2.36. The summed E-state index contributed by atoms with van der Waals surface area (Å²) in [4.78, 5) is 26.9. The number of amides is 2. The molecule has 6 N–H and O–H groups in total. The second kappa shape index (κ2) is 8.36. The standard InChI is InChI=1S/C21H22N6O4/c1-27-18-9-14(22)15(25-23)10-19(18)30-11-17(21(27)29)24-20(28)16-8-13(31-26-16)7-12-5-3-2-4-6-12/h2-6,8-10,17,25H,7,11,22-23H2,1H3,(H,24,28). The van der Waals surface area contributed by atoms with E-state index in [1.54, 1.807) is 25.2 Å². The molecule has 2 amide bonds. The summed E-state index contributed by atoms with van der Waals surface area (Å²) in [5.74, 6) is 5.53. The Bertz CT molecular complexity index is 1110. The van der Waals surface area contributed by atoms with Gasteiger partial charge in [-0.25, -0.2) is 0 Å². The van der Waals surface area contributed by atoms with E-state index in [1.807, 2.05) is 30.3 Å². The van der Waals surface area contributed by atoms with E-state index in [0.717, 1.165) is 5.56 Å². The molecule has 0 saturated carbocycles. The van der Waals surface area contributed by atoms with Crippen LogP contribution in [-0.2, 0) is 11.2 Å². The summed E-state index contributed by atoms with van der Waals surface area (Å²) in [5, 5.41) is 6.49. The Kier molecular flexibility index (Phi) is 5.46. The number of hydrogen-bond acceptors (Lipinski definition) is 8. The highest BCUT2D eigenvalue weighted by Gasteiger charge is 2.32. The fourth-order valence-electron chi connectivity index (χ4n) is 3.32. The fourth-order valence-corrected chi connectivity index (χ4v) is 3.32. The summed E-state index contributed by atoms with van der Waals surface area (Å²) in [5.41, 5.74) is 10.8. The first-order valence-corrected chi connectivity index (χ1v) is 9.57. The maximum absolute atomic E-state index is 12.9. The lowest BCUT2D eigenvalue weighted by molar-refractivity contribution is -0.120. The predicted molar refractivity (Wildman–Crippen MR) is 115 cm³/mol. The molecule has 0 radical (unpaired) electrons. The zero-order chi connectivity index (χ0) is 22.0. The number of nitrogens with one attached hydrogen (secondary N) is 2. The van der Waals surface area contributed by atoms with Gasteiger partial charge in [0.2, 0.25) is 0 Å². The van der Waals surface area contributed by atoms with Crippen LogP contribution in [0.1, 0.15) is 21.8 Å². The molecule has 0 saturated heterocycles. The zero-order valence-electron chi connectivity index (χ0n) is 16.8. The number of aromatic nitrogens is 1. The quantitative estimate of drug-likeness (QED) is 0.273. The molecule has 0 bridgehead atoms. The van der Waals surface area contributed by atoms with E-state index in [9.17, 15) is 9.59 Å². The number of nitrogens with zero attached hydrogens (tertiary/aromatic N) is 2. The molecule has 0 spiro atoms. The minimum Gasteiger partial charge on any atom is -0.489 e. The molecule has 1 atom stereocenters. The van der Waals surface area contributed by atoms with Crippen LogP contribution in [0, 0.1) is 0 Å². The molecule has 1 unspecified atom stereocenters. The van der Waals surface area contributed by atoms with E-state index < -0.39 is 11.9 Å². The van der Waals surface area contributed by atoms with Crippen molar-refractivity contribution in [1.82, 2.24) is 10.5 Å². The lowest BCUT2D eigenvalue weighted by atomic mass is 10.1. The molecule has 10 nitrogen and oxygen atoms in total. The summed E-state index contributed by atoms with van der Waals surface area (Å²) < 4.78 is 11.0. The van der Waals surface area contributed by atoms with Crippen LogP contribution in [-0.4, -0.2) is 36.7 Å². The number of hydrogen-bond donors (Lipinski definition) is 4. The molecule has 1 aromatic heterocycles. The van der Waals surface area contributed by atoms with E-state index >= 15 is 0 Å². The van der Waals surface area contributed by atoms with Gasteiger partial charge in [-0.3, -0.25) is 15.4 Å². The topological polar surface area (TPSA) is 149 Å². The Labute approximate surface area is 178 Å². The highest BCUT2D eigenvalue weighted by molar-refractivity contribution is 6.03. The smallest absolute Gasteiger partial charge is 0.274 e. The normalized spacial score (nSPS) is 15.6. The van der Waals surface area contributed by atoms with Crippen molar-refractivity contribution in [3.05, 3.63) is 65.5 Å². The number of hydrazine groups is 1. The van der Waals surface area contributed by atoms with Gasteiger partial charge in [0.25, 0.3) is 11.8 Å². The van der Waals surface area contributed by atoms with Crippen LogP contribution in [0.3, 0.4) is 0 Å². The molecular weight excluding hydrogens is 400 g/mol. The van der Waals surface area contributed by atoms with Gasteiger partial charge in [0.15, 0.2) is 5.69 Å². The molecule has 0 fully saturated rings. The molecule has 10 heteroatoms. The third-order valence-electron chi connectivity index (χ3n) is 5.00.